The Kier molecular flexibility index (Phi) is 7.81. The number of hydrogen-bond donors (Lipinski definition) is 3. The van der Waals surface area contributed by atoms with Crippen LogP contribution in [0, 0.1) is 5.82 Å². The summed E-state index contributed by atoms with van der Waals surface area (Å²) in [6.45, 7) is 3.69. The van der Waals surface area contributed by atoms with Gasteiger partial charge in [-0.05, 0) is 25.1 Å². The summed E-state index contributed by atoms with van der Waals surface area (Å²) in [6, 6.07) is 5.72. The summed E-state index contributed by atoms with van der Waals surface area (Å²) < 4.78 is 17.9. The lowest BCUT2D eigenvalue weighted by atomic mass is 10.3. The fourth-order valence-corrected chi connectivity index (χ4v) is 1.53. The first kappa shape index (κ1) is 16.9. The van der Waals surface area contributed by atoms with Crippen molar-refractivity contribution in [1.29, 1.82) is 0 Å². The highest BCUT2D eigenvalue weighted by molar-refractivity contribution is 5.94. The number of carbonyl (C=O) groups excluding carboxylic acids is 1. The first-order valence-corrected chi connectivity index (χ1v) is 6.72. The number of halogens is 1. The maximum absolute atomic E-state index is 13.0. The molecule has 1 aromatic rings. The minimum Gasteiger partial charge on any atom is -0.383 e. The molecular formula is C14H21FN4O2. The Morgan fingerprint density at radius 3 is 2.86 bits per heavy atom. The number of ether oxygens (including phenoxy) is 1. The van der Waals surface area contributed by atoms with Crippen molar-refractivity contribution in [3.63, 3.8) is 0 Å². The summed E-state index contributed by atoms with van der Waals surface area (Å²) in [6.07, 6.45) is 0. The van der Waals surface area contributed by atoms with Crippen LogP contribution < -0.4 is 16.0 Å². The van der Waals surface area contributed by atoms with Crippen LogP contribution in [0.5, 0.6) is 0 Å². The molecule has 0 saturated heterocycles. The smallest absolute Gasteiger partial charge is 0.246 e. The number of hydrogen-bond acceptors (Lipinski definition) is 3. The zero-order chi connectivity index (χ0) is 15.5. The van der Waals surface area contributed by atoms with E-state index in [1.54, 1.807) is 13.2 Å². The molecule has 0 aliphatic carbocycles. The number of methoxy groups -OCH3 is 1. The Morgan fingerprint density at radius 1 is 1.38 bits per heavy atom. The van der Waals surface area contributed by atoms with Crippen LogP contribution in [0.4, 0.5) is 10.1 Å². The number of carbonyl (C=O) groups is 1. The van der Waals surface area contributed by atoms with Crippen LogP contribution in [0.3, 0.4) is 0 Å². The van der Waals surface area contributed by atoms with E-state index >= 15 is 0 Å². The number of anilines is 1. The van der Waals surface area contributed by atoms with Crippen molar-refractivity contribution in [2.75, 3.05) is 38.7 Å². The van der Waals surface area contributed by atoms with Crippen molar-refractivity contribution in [3.05, 3.63) is 30.1 Å². The number of aliphatic imine (C=N–C) groups is 1. The number of rotatable bonds is 7. The molecular weight excluding hydrogens is 275 g/mol. The first-order valence-electron chi connectivity index (χ1n) is 6.72. The Morgan fingerprint density at radius 2 is 2.19 bits per heavy atom. The van der Waals surface area contributed by atoms with Gasteiger partial charge in [-0.1, -0.05) is 6.07 Å². The van der Waals surface area contributed by atoms with Gasteiger partial charge in [-0.3, -0.25) is 4.79 Å². The fraction of sp³-hybridized carbons (Fsp3) is 0.429. The van der Waals surface area contributed by atoms with E-state index in [0.29, 0.717) is 31.3 Å². The lowest BCUT2D eigenvalue weighted by Gasteiger charge is -2.10. The third-order valence-electron chi connectivity index (χ3n) is 2.43. The average molecular weight is 296 g/mol. The Balaban J connectivity index is 2.48. The van der Waals surface area contributed by atoms with Crippen molar-refractivity contribution < 1.29 is 13.9 Å². The molecule has 3 N–H and O–H groups in total. The van der Waals surface area contributed by atoms with Gasteiger partial charge in [0.1, 0.15) is 12.4 Å². The summed E-state index contributed by atoms with van der Waals surface area (Å²) >= 11 is 0. The summed E-state index contributed by atoms with van der Waals surface area (Å²) in [5.74, 6) is -0.181. The number of nitrogens with one attached hydrogen (secondary N) is 3. The molecule has 0 aliphatic heterocycles. The standard InChI is InChI=1S/C14H21FN4O2/c1-3-16-14(17-7-8-21-2)18-10-13(20)19-12-6-4-5-11(15)9-12/h4-6,9H,3,7-8,10H2,1-2H3,(H,19,20)(H2,16,17,18). The Hall–Kier alpha value is -2.15. The molecule has 0 radical (unpaired) electrons. The number of benzene rings is 1. The van der Waals surface area contributed by atoms with Crippen LogP contribution in [0.25, 0.3) is 0 Å². The van der Waals surface area contributed by atoms with Crippen molar-refractivity contribution >= 4 is 17.6 Å². The van der Waals surface area contributed by atoms with E-state index in [2.05, 4.69) is 20.9 Å². The lowest BCUT2D eigenvalue weighted by molar-refractivity contribution is -0.114. The fourth-order valence-electron chi connectivity index (χ4n) is 1.53. The monoisotopic (exact) mass is 296 g/mol. The zero-order valence-electron chi connectivity index (χ0n) is 12.3. The third kappa shape index (κ3) is 7.26. The second-order valence-corrected chi connectivity index (χ2v) is 4.17. The Bertz CT molecular complexity index is 480. The first-order chi connectivity index (χ1) is 10.2. The van der Waals surface area contributed by atoms with Gasteiger partial charge in [-0.25, -0.2) is 9.38 Å². The van der Waals surface area contributed by atoms with E-state index < -0.39 is 5.82 Å². The predicted molar refractivity (Wildman–Crippen MR) is 80.9 cm³/mol. The van der Waals surface area contributed by atoms with E-state index in [4.69, 9.17) is 4.74 Å². The molecule has 21 heavy (non-hydrogen) atoms. The van der Waals surface area contributed by atoms with Crippen LogP contribution in [0.15, 0.2) is 29.3 Å². The highest BCUT2D eigenvalue weighted by atomic mass is 19.1. The normalized spacial score (nSPS) is 11.1. The van der Waals surface area contributed by atoms with Crippen molar-refractivity contribution in [2.45, 2.75) is 6.92 Å². The quantitative estimate of drug-likeness (QED) is 0.398. The van der Waals surface area contributed by atoms with Crippen molar-refractivity contribution in [2.24, 2.45) is 4.99 Å². The molecule has 1 rings (SSSR count). The van der Waals surface area contributed by atoms with Crippen molar-refractivity contribution in [3.8, 4) is 0 Å². The van der Waals surface area contributed by atoms with Gasteiger partial charge in [0, 0.05) is 25.9 Å². The van der Waals surface area contributed by atoms with Gasteiger partial charge in [0.15, 0.2) is 5.96 Å². The van der Waals surface area contributed by atoms with Gasteiger partial charge >= 0.3 is 0 Å². The third-order valence-corrected chi connectivity index (χ3v) is 2.43. The highest BCUT2D eigenvalue weighted by Gasteiger charge is 2.03. The molecule has 0 fully saturated rings. The van der Waals surface area contributed by atoms with E-state index in [9.17, 15) is 9.18 Å². The average Bonchev–Trinajstić information content (AvgIpc) is 2.45. The number of amides is 1. The maximum Gasteiger partial charge on any atom is 0.246 e. The SMILES string of the molecule is CCNC(=NCC(=O)Nc1cccc(F)c1)NCCOC. The zero-order valence-corrected chi connectivity index (χ0v) is 12.3. The molecule has 6 nitrogen and oxygen atoms in total. The van der Waals surface area contributed by atoms with Crippen LogP contribution >= 0.6 is 0 Å². The molecule has 116 valence electrons. The minimum atomic E-state index is -0.397. The Labute approximate surface area is 123 Å². The molecule has 1 aromatic carbocycles. The summed E-state index contributed by atoms with van der Waals surface area (Å²) in [4.78, 5) is 15.9. The van der Waals surface area contributed by atoms with Gasteiger partial charge in [0.2, 0.25) is 5.91 Å². The van der Waals surface area contributed by atoms with Crippen LogP contribution in [0.1, 0.15) is 6.92 Å². The molecule has 0 bridgehead atoms. The van der Waals surface area contributed by atoms with Gasteiger partial charge in [-0.15, -0.1) is 0 Å². The molecule has 0 heterocycles. The van der Waals surface area contributed by atoms with Gasteiger partial charge < -0.3 is 20.7 Å². The van der Waals surface area contributed by atoms with E-state index in [-0.39, 0.29) is 12.5 Å². The number of nitrogens with zero attached hydrogens (tertiary/aromatic N) is 1. The molecule has 0 unspecified atom stereocenters. The molecule has 0 aliphatic rings. The highest BCUT2D eigenvalue weighted by Crippen LogP contribution is 2.08. The van der Waals surface area contributed by atoms with Gasteiger partial charge in [-0.2, -0.15) is 0 Å². The molecule has 0 spiro atoms. The summed E-state index contributed by atoms with van der Waals surface area (Å²) in [7, 11) is 1.61. The maximum atomic E-state index is 13.0. The van der Waals surface area contributed by atoms with E-state index in [1.807, 2.05) is 6.92 Å². The van der Waals surface area contributed by atoms with Gasteiger partial charge in [0.25, 0.3) is 0 Å². The van der Waals surface area contributed by atoms with Crippen LogP contribution in [-0.2, 0) is 9.53 Å². The second-order valence-electron chi connectivity index (χ2n) is 4.17. The molecule has 7 heteroatoms. The van der Waals surface area contributed by atoms with Crippen LogP contribution in [-0.4, -0.2) is 45.2 Å². The summed E-state index contributed by atoms with van der Waals surface area (Å²) in [5.41, 5.74) is 0.410. The largest absolute Gasteiger partial charge is 0.383 e. The van der Waals surface area contributed by atoms with E-state index in [0.717, 1.165) is 0 Å². The topological polar surface area (TPSA) is 74.8 Å². The predicted octanol–water partition coefficient (Wildman–Crippen LogP) is 0.966. The van der Waals surface area contributed by atoms with E-state index in [1.165, 1.54) is 18.2 Å². The van der Waals surface area contributed by atoms with Gasteiger partial charge in [0.05, 0.1) is 6.61 Å². The number of guanidine groups is 1. The molecule has 0 saturated carbocycles. The molecule has 1 amide bonds. The van der Waals surface area contributed by atoms with Crippen LogP contribution in [0.2, 0.25) is 0 Å². The molecule has 0 atom stereocenters. The molecule has 0 aromatic heterocycles. The minimum absolute atomic E-state index is 0.0567. The lowest BCUT2D eigenvalue weighted by Crippen LogP contribution is -2.39. The van der Waals surface area contributed by atoms with Crippen molar-refractivity contribution in [1.82, 2.24) is 10.6 Å². The second kappa shape index (κ2) is 9.71. The summed E-state index contributed by atoms with van der Waals surface area (Å²) in [5, 5.41) is 8.62.